The molecule has 2 aromatic rings. The molecule has 1 aromatic carbocycles. The van der Waals surface area contributed by atoms with E-state index in [-0.39, 0.29) is 10.8 Å². The lowest BCUT2D eigenvalue weighted by molar-refractivity contribution is 0.102. The van der Waals surface area contributed by atoms with Crippen molar-refractivity contribution in [2.75, 3.05) is 18.4 Å². The molecule has 1 saturated heterocycles. The van der Waals surface area contributed by atoms with Crippen LogP contribution in [0.15, 0.2) is 29.2 Å². The second-order valence-corrected chi connectivity index (χ2v) is 12.2. The zero-order valence-electron chi connectivity index (χ0n) is 18.6. The van der Waals surface area contributed by atoms with E-state index in [1.165, 1.54) is 34.8 Å². The van der Waals surface area contributed by atoms with Crippen LogP contribution in [0.4, 0.5) is 5.00 Å². The summed E-state index contributed by atoms with van der Waals surface area (Å²) in [7, 11) is -3.58. The summed E-state index contributed by atoms with van der Waals surface area (Å²) in [4.78, 5) is 14.2. The van der Waals surface area contributed by atoms with Crippen LogP contribution in [0.1, 0.15) is 65.9 Å². The largest absolute Gasteiger partial charge is 0.312 e. The number of nitriles is 1. The van der Waals surface area contributed by atoms with Gasteiger partial charge < -0.3 is 5.32 Å². The van der Waals surface area contributed by atoms with Crippen LogP contribution in [-0.2, 0) is 22.9 Å². The molecule has 0 unspecified atom stereocenters. The summed E-state index contributed by atoms with van der Waals surface area (Å²) in [5.74, 6) is 0.324. The van der Waals surface area contributed by atoms with E-state index in [1.807, 2.05) is 0 Å². The maximum absolute atomic E-state index is 13.1. The van der Waals surface area contributed by atoms with Crippen molar-refractivity contribution in [2.24, 2.45) is 11.8 Å². The van der Waals surface area contributed by atoms with Crippen molar-refractivity contribution in [2.45, 2.75) is 57.3 Å². The number of benzene rings is 1. The van der Waals surface area contributed by atoms with Gasteiger partial charge in [-0.15, -0.1) is 11.3 Å². The molecule has 2 atom stereocenters. The Balaban J connectivity index is 1.51. The molecule has 1 aliphatic heterocycles. The van der Waals surface area contributed by atoms with E-state index in [4.69, 9.17) is 0 Å². The Kier molecular flexibility index (Phi) is 6.70. The van der Waals surface area contributed by atoms with Crippen molar-refractivity contribution in [3.63, 3.8) is 0 Å². The summed E-state index contributed by atoms with van der Waals surface area (Å²) in [5.41, 5.74) is 2.03. The quantitative estimate of drug-likeness (QED) is 0.648. The van der Waals surface area contributed by atoms with E-state index in [9.17, 15) is 18.5 Å². The van der Waals surface area contributed by atoms with Gasteiger partial charge in [0.2, 0.25) is 10.0 Å². The Morgan fingerprint density at radius 1 is 1.09 bits per heavy atom. The number of fused-ring (bicyclic) bond motifs is 1. The lowest BCUT2D eigenvalue weighted by Gasteiger charge is -2.34. The third kappa shape index (κ3) is 4.61. The fourth-order valence-corrected chi connectivity index (χ4v) is 7.77. The molecule has 1 fully saturated rings. The molecule has 170 valence electrons. The van der Waals surface area contributed by atoms with Crippen LogP contribution in [0.3, 0.4) is 0 Å². The number of anilines is 1. The number of aryl methyl sites for hydroxylation is 1. The Bertz CT molecular complexity index is 1140. The molecule has 0 saturated carbocycles. The second kappa shape index (κ2) is 9.34. The standard InChI is InChI=1S/C24H29N3O3S2/c1-16-12-17(2)15-27(14-16)32(29,30)19-10-8-18(9-11-19)23(28)26-24-21(13-25)20-6-4-3-5-7-22(20)31-24/h8-11,16-17H,3-7,12,14-15H2,1-2H3,(H,26,28)/t16-,17-/m0/s1. The first-order valence-corrected chi connectivity index (χ1v) is 13.5. The number of thiophene rings is 1. The Labute approximate surface area is 194 Å². The van der Waals surface area contributed by atoms with Crippen LogP contribution in [0.5, 0.6) is 0 Å². The Hall–Kier alpha value is -2.21. The van der Waals surface area contributed by atoms with Crippen LogP contribution in [0.25, 0.3) is 0 Å². The minimum absolute atomic E-state index is 0.205. The predicted molar refractivity (Wildman–Crippen MR) is 126 cm³/mol. The Morgan fingerprint density at radius 3 is 2.41 bits per heavy atom. The number of carbonyl (C=O) groups excluding carboxylic acids is 1. The van der Waals surface area contributed by atoms with Gasteiger partial charge in [0, 0.05) is 23.5 Å². The molecule has 4 rings (SSSR count). The van der Waals surface area contributed by atoms with Crippen molar-refractivity contribution < 1.29 is 13.2 Å². The molecule has 1 aromatic heterocycles. The fraction of sp³-hybridized carbons (Fsp3) is 0.500. The van der Waals surface area contributed by atoms with Gasteiger partial charge in [0.05, 0.1) is 10.5 Å². The van der Waals surface area contributed by atoms with Gasteiger partial charge in [-0.25, -0.2) is 8.42 Å². The first-order chi connectivity index (χ1) is 15.3. The zero-order chi connectivity index (χ0) is 22.9. The molecule has 32 heavy (non-hydrogen) atoms. The maximum Gasteiger partial charge on any atom is 0.256 e. The summed E-state index contributed by atoms with van der Waals surface area (Å²) in [5, 5.41) is 13.1. The second-order valence-electron chi connectivity index (χ2n) is 9.13. The molecule has 6 nitrogen and oxygen atoms in total. The molecule has 1 N–H and O–H groups in total. The van der Waals surface area contributed by atoms with E-state index in [0.717, 1.165) is 37.7 Å². The minimum Gasteiger partial charge on any atom is -0.312 e. The SMILES string of the molecule is C[C@H]1C[C@H](C)CN(S(=O)(=O)c2ccc(C(=O)Nc3sc4c(c3C#N)CCCCC4)cc2)C1. The summed E-state index contributed by atoms with van der Waals surface area (Å²) in [6.07, 6.45) is 6.20. The third-order valence-electron chi connectivity index (χ3n) is 6.35. The minimum atomic E-state index is -3.58. The van der Waals surface area contributed by atoms with E-state index < -0.39 is 10.0 Å². The highest BCUT2D eigenvalue weighted by atomic mass is 32.2. The van der Waals surface area contributed by atoms with Gasteiger partial charge in [-0.1, -0.05) is 20.3 Å². The van der Waals surface area contributed by atoms with E-state index in [0.29, 0.717) is 41.1 Å². The number of rotatable bonds is 4. The zero-order valence-corrected chi connectivity index (χ0v) is 20.2. The summed E-state index contributed by atoms with van der Waals surface area (Å²) < 4.78 is 27.7. The van der Waals surface area contributed by atoms with Gasteiger partial charge in [-0.2, -0.15) is 9.57 Å². The first-order valence-electron chi connectivity index (χ1n) is 11.3. The van der Waals surface area contributed by atoms with Gasteiger partial charge in [0.15, 0.2) is 0 Å². The number of hydrogen-bond acceptors (Lipinski definition) is 5. The van der Waals surface area contributed by atoms with Gasteiger partial charge in [-0.3, -0.25) is 4.79 Å². The molecular formula is C24H29N3O3S2. The third-order valence-corrected chi connectivity index (χ3v) is 9.40. The van der Waals surface area contributed by atoms with Gasteiger partial charge in [0.1, 0.15) is 11.1 Å². The number of nitrogens with one attached hydrogen (secondary N) is 1. The molecule has 1 aliphatic carbocycles. The van der Waals surface area contributed by atoms with Crippen LogP contribution in [0.2, 0.25) is 0 Å². The van der Waals surface area contributed by atoms with Crippen molar-refractivity contribution in [3.05, 3.63) is 45.8 Å². The first kappa shape index (κ1) is 23.0. The van der Waals surface area contributed by atoms with Gasteiger partial charge in [0.25, 0.3) is 5.91 Å². The lowest BCUT2D eigenvalue weighted by Crippen LogP contribution is -2.42. The fourth-order valence-electron chi connectivity index (χ4n) is 4.85. The van der Waals surface area contributed by atoms with Crippen molar-refractivity contribution in [1.29, 1.82) is 5.26 Å². The molecule has 2 heterocycles. The van der Waals surface area contributed by atoms with Crippen LogP contribution in [-0.4, -0.2) is 31.7 Å². The molecule has 1 amide bonds. The highest BCUT2D eigenvalue weighted by Gasteiger charge is 2.31. The highest BCUT2D eigenvalue weighted by molar-refractivity contribution is 7.89. The summed E-state index contributed by atoms with van der Waals surface area (Å²) in [6.45, 7) is 5.19. The number of hydrogen-bond donors (Lipinski definition) is 1. The maximum atomic E-state index is 13.1. The number of nitrogens with zero attached hydrogens (tertiary/aromatic N) is 2. The molecule has 8 heteroatoms. The van der Waals surface area contributed by atoms with Gasteiger partial charge >= 0.3 is 0 Å². The molecule has 0 bridgehead atoms. The summed E-state index contributed by atoms with van der Waals surface area (Å²) in [6, 6.07) is 8.37. The molecular weight excluding hydrogens is 442 g/mol. The molecule has 0 spiro atoms. The highest BCUT2D eigenvalue weighted by Crippen LogP contribution is 2.37. The monoisotopic (exact) mass is 471 g/mol. The lowest BCUT2D eigenvalue weighted by atomic mass is 9.94. The number of carbonyl (C=O) groups is 1. The topological polar surface area (TPSA) is 90.3 Å². The van der Waals surface area contributed by atoms with Crippen LogP contribution in [0, 0.1) is 23.2 Å². The van der Waals surface area contributed by atoms with Crippen LogP contribution < -0.4 is 5.32 Å². The molecule has 0 radical (unpaired) electrons. The van der Waals surface area contributed by atoms with E-state index >= 15 is 0 Å². The number of sulfonamides is 1. The smallest absolute Gasteiger partial charge is 0.256 e. The number of piperidine rings is 1. The van der Waals surface area contributed by atoms with E-state index in [2.05, 4.69) is 25.2 Å². The Morgan fingerprint density at radius 2 is 1.75 bits per heavy atom. The van der Waals surface area contributed by atoms with Crippen molar-refractivity contribution in [1.82, 2.24) is 4.31 Å². The average Bonchev–Trinajstić information content (AvgIpc) is 2.91. The average molecular weight is 472 g/mol. The van der Waals surface area contributed by atoms with Gasteiger partial charge in [-0.05, 0) is 73.8 Å². The van der Waals surface area contributed by atoms with Crippen molar-refractivity contribution >= 4 is 32.3 Å². The van der Waals surface area contributed by atoms with Crippen molar-refractivity contribution in [3.8, 4) is 6.07 Å². The predicted octanol–water partition coefficient (Wildman–Crippen LogP) is 4.81. The molecule has 2 aliphatic rings. The van der Waals surface area contributed by atoms with Crippen LogP contribution >= 0.6 is 11.3 Å². The normalized spacial score (nSPS) is 21.9. The number of amides is 1. The van der Waals surface area contributed by atoms with E-state index in [1.54, 1.807) is 16.4 Å². The summed E-state index contributed by atoms with van der Waals surface area (Å²) >= 11 is 1.49.